The van der Waals surface area contributed by atoms with Crippen LogP contribution in [0.5, 0.6) is 11.5 Å². The van der Waals surface area contributed by atoms with Crippen LogP contribution in [0.1, 0.15) is 76.2 Å². The molecule has 0 spiro atoms. The first-order valence-corrected chi connectivity index (χ1v) is 14.1. The number of unbranched alkanes of at least 4 members (excludes halogenated alkanes) is 9. The number of carbonyl (C=O) groups excluding carboxylic acids is 1. The molecule has 1 N–H and O–H groups in total. The molecule has 0 saturated carbocycles. The number of cyclic esters (lactones) is 1. The lowest BCUT2D eigenvalue weighted by Gasteiger charge is -2.27. The summed E-state index contributed by atoms with van der Waals surface area (Å²) in [6.45, 7) is 1.23. The quantitative estimate of drug-likeness (QED) is 0.124. The molecule has 6 nitrogen and oxygen atoms in total. The molecule has 1 saturated heterocycles. The maximum Gasteiger partial charge on any atom is 0.334 e. The summed E-state index contributed by atoms with van der Waals surface area (Å²) in [6.07, 6.45) is 13.9. The molecule has 2 aromatic carbocycles. The van der Waals surface area contributed by atoms with Gasteiger partial charge in [-0.1, -0.05) is 81.4 Å². The molecule has 1 aliphatic heterocycles. The Kier molecular flexibility index (Phi) is 13.2. The van der Waals surface area contributed by atoms with Gasteiger partial charge in [0, 0.05) is 18.6 Å². The van der Waals surface area contributed by atoms with Gasteiger partial charge in [-0.15, -0.1) is 0 Å². The highest BCUT2D eigenvalue weighted by molar-refractivity contribution is 5.91. The molecular formula is C32H44O6. The summed E-state index contributed by atoms with van der Waals surface area (Å²) in [5.41, 5.74) is 0.938. The molecule has 0 radical (unpaired) electrons. The zero-order valence-corrected chi connectivity index (χ0v) is 22.9. The Labute approximate surface area is 228 Å². The Morgan fingerprint density at radius 1 is 0.842 bits per heavy atom. The number of ether oxygens (including phenoxy) is 4. The number of rotatable bonds is 19. The molecule has 1 unspecified atom stereocenters. The van der Waals surface area contributed by atoms with Crippen molar-refractivity contribution in [2.24, 2.45) is 0 Å². The van der Waals surface area contributed by atoms with Gasteiger partial charge in [0.2, 0.25) is 0 Å². The summed E-state index contributed by atoms with van der Waals surface area (Å²) in [7, 11) is 1.63. The van der Waals surface area contributed by atoms with Gasteiger partial charge in [0.15, 0.2) is 5.60 Å². The molecule has 2 aromatic rings. The summed E-state index contributed by atoms with van der Waals surface area (Å²) in [6, 6.07) is 17.4. The van der Waals surface area contributed by atoms with E-state index in [9.17, 15) is 4.79 Å². The van der Waals surface area contributed by atoms with E-state index in [4.69, 9.17) is 24.1 Å². The van der Waals surface area contributed by atoms with Crippen molar-refractivity contribution in [3.05, 3.63) is 71.8 Å². The average Bonchev–Trinajstić information content (AvgIpc) is 3.26. The third-order valence-corrected chi connectivity index (χ3v) is 6.87. The zero-order chi connectivity index (χ0) is 26.9. The number of aliphatic hydroxyl groups is 1. The lowest BCUT2D eigenvalue weighted by Crippen LogP contribution is -2.40. The fourth-order valence-corrected chi connectivity index (χ4v) is 4.66. The summed E-state index contributed by atoms with van der Waals surface area (Å²) in [4.78, 5) is 12.8. The smallest absolute Gasteiger partial charge is 0.334 e. The van der Waals surface area contributed by atoms with E-state index in [1.54, 1.807) is 7.11 Å². The molecule has 208 valence electrons. The van der Waals surface area contributed by atoms with E-state index in [2.05, 4.69) is 0 Å². The van der Waals surface area contributed by atoms with Crippen molar-refractivity contribution in [2.75, 3.05) is 26.9 Å². The van der Waals surface area contributed by atoms with Crippen molar-refractivity contribution in [1.29, 1.82) is 0 Å². The molecule has 0 bridgehead atoms. The first-order chi connectivity index (χ1) is 18.6. The van der Waals surface area contributed by atoms with E-state index >= 15 is 0 Å². The number of esters is 1. The molecule has 1 atom stereocenters. The van der Waals surface area contributed by atoms with Gasteiger partial charge in [-0.2, -0.15) is 0 Å². The Morgan fingerprint density at radius 2 is 1.47 bits per heavy atom. The van der Waals surface area contributed by atoms with Gasteiger partial charge in [0.25, 0.3) is 0 Å². The highest BCUT2D eigenvalue weighted by Crippen LogP contribution is 2.33. The van der Waals surface area contributed by atoms with Crippen LogP contribution < -0.4 is 9.47 Å². The SMILES string of the molecule is COc1ccc(OCC2(COCc3ccccc3)C/C(=C\CCCCCCCCCCCO)C(=O)O2)cc1. The average molecular weight is 525 g/mol. The van der Waals surface area contributed by atoms with E-state index in [-0.39, 0.29) is 19.2 Å². The lowest BCUT2D eigenvalue weighted by molar-refractivity contribution is -0.156. The van der Waals surface area contributed by atoms with Crippen LogP contribution in [-0.2, 0) is 20.9 Å². The van der Waals surface area contributed by atoms with Gasteiger partial charge in [0.1, 0.15) is 18.1 Å². The normalized spacial score (nSPS) is 18.1. The zero-order valence-electron chi connectivity index (χ0n) is 22.9. The number of hydrogen-bond acceptors (Lipinski definition) is 6. The minimum absolute atomic E-state index is 0.218. The summed E-state index contributed by atoms with van der Waals surface area (Å²) in [5, 5.41) is 8.83. The fraction of sp³-hybridized carbons (Fsp3) is 0.531. The Balaban J connectivity index is 1.48. The third-order valence-electron chi connectivity index (χ3n) is 6.87. The van der Waals surface area contributed by atoms with E-state index < -0.39 is 5.60 Å². The van der Waals surface area contributed by atoms with Crippen LogP contribution in [-0.4, -0.2) is 43.6 Å². The van der Waals surface area contributed by atoms with Crippen molar-refractivity contribution in [1.82, 2.24) is 0 Å². The van der Waals surface area contributed by atoms with Crippen LogP contribution in [0.3, 0.4) is 0 Å². The monoisotopic (exact) mass is 524 g/mol. The highest BCUT2D eigenvalue weighted by atomic mass is 16.6. The van der Waals surface area contributed by atoms with Crippen LogP contribution in [0.25, 0.3) is 0 Å². The Morgan fingerprint density at radius 3 is 2.13 bits per heavy atom. The van der Waals surface area contributed by atoms with Crippen molar-refractivity contribution in [3.8, 4) is 11.5 Å². The number of allylic oxidation sites excluding steroid dienone is 1. The van der Waals surface area contributed by atoms with Crippen LogP contribution >= 0.6 is 0 Å². The second-order valence-electron chi connectivity index (χ2n) is 10.1. The van der Waals surface area contributed by atoms with E-state index in [0.29, 0.717) is 25.4 Å². The van der Waals surface area contributed by atoms with Crippen molar-refractivity contribution in [3.63, 3.8) is 0 Å². The van der Waals surface area contributed by atoms with Crippen molar-refractivity contribution < 1.29 is 28.8 Å². The predicted molar refractivity (Wildman–Crippen MR) is 149 cm³/mol. The molecule has 1 aliphatic rings. The second-order valence-corrected chi connectivity index (χ2v) is 10.1. The number of aliphatic hydroxyl groups excluding tert-OH is 1. The summed E-state index contributed by atoms with van der Waals surface area (Å²) < 4.78 is 23.2. The minimum Gasteiger partial charge on any atom is -0.497 e. The van der Waals surface area contributed by atoms with Gasteiger partial charge in [-0.25, -0.2) is 4.79 Å². The van der Waals surface area contributed by atoms with Crippen LogP contribution in [0.2, 0.25) is 0 Å². The fourth-order valence-electron chi connectivity index (χ4n) is 4.66. The number of methoxy groups -OCH3 is 1. The molecular weight excluding hydrogens is 480 g/mol. The van der Waals surface area contributed by atoms with Crippen molar-refractivity contribution >= 4 is 5.97 Å². The highest BCUT2D eigenvalue weighted by Gasteiger charge is 2.45. The molecule has 38 heavy (non-hydrogen) atoms. The standard InChI is InChI=1S/C32H44O6/c1-35-29-18-20-30(21-19-29)37-26-32(25-36-24-27-15-11-10-12-16-27)23-28(31(34)38-32)17-13-8-6-4-2-3-5-7-9-14-22-33/h10-12,15-21,33H,2-9,13-14,22-26H2,1H3/b28-17+. The minimum atomic E-state index is -0.854. The van der Waals surface area contributed by atoms with Crippen LogP contribution in [0.4, 0.5) is 0 Å². The predicted octanol–water partition coefficient (Wildman–Crippen LogP) is 6.80. The van der Waals surface area contributed by atoms with E-state index in [0.717, 1.165) is 42.6 Å². The number of hydrogen-bond donors (Lipinski definition) is 1. The Hall–Kier alpha value is -2.83. The maximum absolute atomic E-state index is 12.8. The topological polar surface area (TPSA) is 74.2 Å². The second kappa shape index (κ2) is 16.9. The summed E-state index contributed by atoms with van der Waals surface area (Å²) in [5.74, 6) is 1.18. The van der Waals surface area contributed by atoms with Crippen LogP contribution in [0.15, 0.2) is 66.2 Å². The molecule has 3 rings (SSSR count). The van der Waals surface area contributed by atoms with E-state index in [1.807, 2.05) is 60.7 Å². The number of carbonyl (C=O) groups is 1. The molecule has 0 aromatic heterocycles. The first-order valence-electron chi connectivity index (χ1n) is 14.1. The molecule has 0 aliphatic carbocycles. The van der Waals surface area contributed by atoms with Gasteiger partial charge < -0.3 is 24.1 Å². The molecule has 1 fully saturated rings. The van der Waals surface area contributed by atoms with Gasteiger partial charge in [-0.3, -0.25) is 0 Å². The van der Waals surface area contributed by atoms with Gasteiger partial charge in [0.05, 0.1) is 20.3 Å². The third kappa shape index (κ3) is 10.5. The van der Waals surface area contributed by atoms with Crippen LogP contribution in [0, 0.1) is 0 Å². The lowest BCUT2D eigenvalue weighted by atomic mass is 9.98. The molecule has 6 heteroatoms. The largest absolute Gasteiger partial charge is 0.497 e. The number of benzene rings is 2. The molecule has 1 heterocycles. The summed E-state index contributed by atoms with van der Waals surface area (Å²) >= 11 is 0. The van der Waals surface area contributed by atoms with Crippen molar-refractivity contribution in [2.45, 2.75) is 82.8 Å². The first kappa shape index (κ1) is 29.7. The van der Waals surface area contributed by atoms with Gasteiger partial charge >= 0.3 is 5.97 Å². The van der Waals surface area contributed by atoms with Gasteiger partial charge in [-0.05, 0) is 49.1 Å². The maximum atomic E-state index is 12.8. The Bertz CT molecular complexity index is 956. The van der Waals surface area contributed by atoms with E-state index in [1.165, 1.54) is 38.5 Å². The molecule has 0 amide bonds.